The molecule has 0 radical (unpaired) electrons. The Morgan fingerprint density at radius 3 is 2.83 bits per heavy atom. The molecule has 29 heavy (non-hydrogen) atoms. The molecule has 0 aliphatic heterocycles. The zero-order valence-electron chi connectivity index (χ0n) is 15.7. The standard InChI is InChI=1S/C20H20N8O/c29-20(21-11-13-4-3-7-15(10-13)28-24-8-9-25-28)17-16-19(23-12-22-17)27-18(26-16)14-5-1-2-6-14/h3-4,7-10,12,14H,1-2,5-6,11H2,(H,21,29)(H,22,23,26,27). The predicted molar refractivity (Wildman–Crippen MR) is 105 cm³/mol. The van der Waals surface area contributed by atoms with Gasteiger partial charge < -0.3 is 10.3 Å². The Hall–Kier alpha value is -3.62. The number of nitrogens with zero attached hydrogens (tertiary/aromatic N) is 6. The molecule has 1 aromatic carbocycles. The summed E-state index contributed by atoms with van der Waals surface area (Å²) in [6, 6.07) is 7.70. The summed E-state index contributed by atoms with van der Waals surface area (Å²) in [5.41, 5.74) is 3.23. The van der Waals surface area contributed by atoms with Gasteiger partial charge in [-0.2, -0.15) is 15.0 Å². The van der Waals surface area contributed by atoms with Crippen molar-refractivity contribution in [3.8, 4) is 5.69 Å². The number of carbonyl (C=O) groups is 1. The molecule has 1 amide bonds. The molecule has 0 bridgehead atoms. The van der Waals surface area contributed by atoms with Crippen molar-refractivity contribution in [3.63, 3.8) is 0 Å². The number of aromatic amines is 1. The summed E-state index contributed by atoms with van der Waals surface area (Å²) in [6.45, 7) is 0.364. The molecular weight excluding hydrogens is 368 g/mol. The second kappa shape index (κ2) is 7.42. The number of benzene rings is 1. The van der Waals surface area contributed by atoms with Gasteiger partial charge in [-0.05, 0) is 30.5 Å². The van der Waals surface area contributed by atoms with E-state index >= 15 is 0 Å². The Bertz CT molecular complexity index is 1140. The van der Waals surface area contributed by atoms with Gasteiger partial charge >= 0.3 is 0 Å². The van der Waals surface area contributed by atoms with Gasteiger partial charge in [0.1, 0.15) is 17.7 Å². The molecule has 0 spiro atoms. The zero-order chi connectivity index (χ0) is 19.6. The number of aromatic nitrogens is 7. The van der Waals surface area contributed by atoms with Crippen molar-refractivity contribution in [1.29, 1.82) is 0 Å². The number of hydrogen-bond acceptors (Lipinski definition) is 6. The first-order valence-electron chi connectivity index (χ1n) is 9.72. The quantitative estimate of drug-likeness (QED) is 0.543. The maximum absolute atomic E-state index is 12.8. The van der Waals surface area contributed by atoms with E-state index < -0.39 is 0 Å². The van der Waals surface area contributed by atoms with E-state index in [0.29, 0.717) is 29.3 Å². The van der Waals surface area contributed by atoms with Crippen molar-refractivity contribution in [3.05, 3.63) is 60.1 Å². The van der Waals surface area contributed by atoms with E-state index in [2.05, 4.69) is 35.5 Å². The van der Waals surface area contributed by atoms with Gasteiger partial charge in [0.05, 0.1) is 18.1 Å². The molecule has 146 valence electrons. The number of amides is 1. The van der Waals surface area contributed by atoms with Gasteiger partial charge in [0.25, 0.3) is 5.91 Å². The summed E-state index contributed by atoms with van der Waals surface area (Å²) in [5.74, 6) is 1.06. The van der Waals surface area contributed by atoms with Crippen LogP contribution in [0.1, 0.15) is 53.5 Å². The lowest BCUT2D eigenvalue weighted by Crippen LogP contribution is -2.24. The zero-order valence-corrected chi connectivity index (χ0v) is 15.7. The lowest BCUT2D eigenvalue weighted by molar-refractivity contribution is 0.0947. The monoisotopic (exact) mass is 388 g/mol. The molecule has 4 aromatic rings. The molecule has 0 unspecified atom stereocenters. The smallest absolute Gasteiger partial charge is 0.272 e. The highest BCUT2D eigenvalue weighted by molar-refractivity contribution is 6.02. The Morgan fingerprint density at radius 2 is 2.00 bits per heavy atom. The highest BCUT2D eigenvalue weighted by Crippen LogP contribution is 2.33. The van der Waals surface area contributed by atoms with E-state index in [9.17, 15) is 4.79 Å². The van der Waals surface area contributed by atoms with Crippen LogP contribution >= 0.6 is 0 Å². The lowest BCUT2D eigenvalue weighted by atomic mass is 10.1. The van der Waals surface area contributed by atoms with E-state index in [1.165, 1.54) is 24.0 Å². The van der Waals surface area contributed by atoms with Crippen molar-refractivity contribution >= 4 is 17.1 Å². The van der Waals surface area contributed by atoms with E-state index in [0.717, 1.165) is 29.9 Å². The number of carbonyl (C=O) groups excluding carboxylic acids is 1. The van der Waals surface area contributed by atoms with Crippen molar-refractivity contribution in [2.24, 2.45) is 0 Å². The van der Waals surface area contributed by atoms with Gasteiger partial charge in [-0.25, -0.2) is 15.0 Å². The number of hydrogen-bond donors (Lipinski definition) is 2. The molecule has 1 aliphatic carbocycles. The van der Waals surface area contributed by atoms with Crippen LogP contribution in [0.5, 0.6) is 0 Å². The van der Waals surface area contributed by atoms with Crippen molar-refractivity contribution in [2.75, 3.05) is 0 Å². The van der Waals surface area contributed by atoms with Gasteiger partial charge in [0, 0.05) is 12.5 Å². The van der Waals surface area contributed by atoms with Crippen molar-refractivity contribution in [2.45, 2.75) is 38.1 Å². The highest BCUT2D eigenvalue weighted by atomic mass is 16.1. The predicted octanol–water partition coefficient (Wildman–Crippen LogP) is 2.52. The molecule has 9 nitrogen and oxygen atoms in total. The van der Waals surface area contributed by atoms with Gasteiger partial charge in [-0.15, -0.1) is 0 Å². The normalized spacial score (nSPS) is 14.5. The van der Waals surface area contributed by atoms with Gasteiger partial charge in [-0.3, -0.25) is 4.79 Å². The molecule has 1 fully saturated rings. The van der Waals surface area contributed by atoms with Crippen LogP contribution in [0.3, 0.4) is 0 Å². The third kappa shape index (κ3) is 3.46. The van der Waals surface area contributed by atoms with Gasteiger partial charge in [-0.1, -0.05) is 25.0 Å². The van der Waals surface area contributed by atoms with E-state index in [-0.39, 0.29) is 5.91 Å². The van der Waals surface area contributed by atoms with Crippen LogP contribution in [0, 0.1) is 0 Å². The van der Waals surface area contributed by atoms with Crippen LogP contribution < -0.4 is 5.32 Å². The molecule has 1 aliphatic rings. The molecular formula is C20H20N8O. The Balaban J connectivity index is 1.34. The number of fused-ring (bicyclic) bond motifs is 1. The fourth-order valence-electron chi connectivity index (χ4n) is 3.82. The fourth-order valence-corrected chi connectivity index (χ4v) is 3.82. The minimum Gasteiger partial charge on any atom is -0.347 e. The third-order valence-electron chi connectivity index (χ3n) is 5.28. The first kappa shape index (κ1) is 17.5. The Morgan fingerprint density at radius 1 is 1.17 bits per heavy atom. The third-order valence-corrected chi connectivity index (χ3v) is 5.28. The maximum atomic E-state index is 12.8. The molecule has 0 saturated heterocycles. The molecule has 9 heteroatoms. The van der Waals surface area contributed by atoms with Crippen LogP contribution in [0.2, 0.25) is 0 Å². The Kier molecular flexibility index (Phi) is 4.47. The molecule has 3 aromatic heterocycles. The minimum absolute atomic E-state index is 0.262. The largest absolute Gasteiger partial charge is 0.347 e. The number of rotatable bonds is 5. The molecule has 0 atom stereocenters. The average Bonchev–Trinajstić information content (AvgIpc) is 3.52. The minimum atomic E-state index is -0.262. The summed E-state index contributed by atoms with van der Waals surface area (Å²) in [4.78, 5) is 30.6. The summed E-state index contributed by atoms with van der Waals surface area (Å²) in [6.07, 6.45) is 9.31. The topological polar surface area (TPSA) is 114 Å². The summed E-state index contributed by atoms with van der Waals surface area (Å²) < 4.78 is 0. The second-order valence-electron chi connectivity index (χ2n) is 7.20. The van der Waals surface area contributed by atoms with Crippen LogP contribution in [-0.4, -0.2) is 40.8 Å². The average molecular weight is 388 g/mol. The molecule has 2 N–H and O–H groups in total. The van der Waals surface area contributed by atoms with Crippen LogP contribution in [-0.2, 0) is 6.54 Å². The van der Waals surface area contributed by atoms with Gasteiger partial charge in [0.15, 0.2) is 11.3 Å². The summed E-state index contributed by atoms with van der Waals surface area (Å²) in [7, 11) is 0. The van der Waals surface area contributed by atoms with Crippen molar-refractivity contribution in [1.82, 2.24) is 40.2 Å². The lowest BCUT2D eigenvalue weighted by Gasteiger charge is -2.07. The SMILES string of the molecule is O=C(NCc1cccc(-n2nccn2)c1)c1ncnc2nc(C3CCCC3)[nH]c12. The first-order chi connectivity index (χ1) is 14.3. The number of H-pyrrole nitrogens is 1. The molecule has 3 heterocycles. The van der Waals surface area contributed by atoms with Crippen LogP contribution in [0.4, 0.5) is 0 Å². The first-order valence-corrected chi connectivity index (χ1v) is 9.72. The van der Waals surface area contributed by atoms with Crippen molar-refractivity contribution < 1.29 is 4.79 Å². The Labute approximate surface area is 166 Å². The van der Waals surface area contributed by atoms with E-state index in [4.69, 9.17) is 0 Å². The second-order valence-corrected chi connectivity index (χ2v) is 7.20. The van der Waals surface area contributed by atoms with E-state index in [1.54, 1.807) is 12.4 Å². The van der Waals surface area contributed by atoms with Crippen LogP contribution in [0.25, 0.3) is 16.9 Å². The van der Waals surface area contributed by atoms with Crippen LogP contribution in [0.15, 0.2) is 43.0 Å². The van der Waals surface area contributed by atoms with E-state index in [1.807, 2.05) is 24.3 Å². The molecule has 5 rings (SSSR count). The fraction of sp³-hybridized carbons (Fsp3) is 0.300. The number of imidazole rings is 1. The maximum Gasteiger partial charge on any atom is 0.272 e. The number of nitrogens with one attached hydrogen (secondary N) is 2. The molecule has 1 saturated carbocycles. The summed E-state index contributed by atoms with van der Waals surface area (Å²) in [5, 5.41) is 11.2. The summed E-state index contributed by atoms with van der Waals surface area (Å²) >= 11 is 0. The van der Waals surface area contributed by atoms with Gasteiger partial charge in [0.2, 0.25) is 0 Å². The highest BCUT2D eigenvalue weighted by Gasteiger charge is 2.23.